The maximum Gasteiger partial charge on any atom is 0.338 e. The highest BCUT2D eigenvalue weighted by Crippen LogP contribution is 2.33. The van der Waals surface area contributed by atoms with Crippen LogP contribution in [0.15, 0.2) is 91.0 Å². The number of rotatable bonds is 13. The third-order valence-corrected chi connectivity index (χ3v) is 8.10. The molecule has 0 bridgehead atoms. The van der Waals surface area contributed by atoms with Gasteiger partial charge in [-0.15, -0.1) is 0 Å². The van der Waals surface area contributed by atoms with Crippen molar-refractivity contribution in [2.24, 2.45) is 0 Å². The fraction of sp³-hybridized carbons (Fsp3) is 0.368. The van der Waals surface area contributed by atoms with E-state index in [1.165, 1.54) is 36.4 Å². The Bertz CT molecular complexity index is 1770. The van der Waals surface area contributed by atoms with Gasteiger partial charge in [0.2, 0.25) is 0 Å². The molecule has 2 aliphatic rings. The first kappa shape index (κ1) is 39.5. The predicted molar refractivity (Wildman–Crippen MR) is 180 cm³/mol. The molecule has 9 atom stereocenters. The lowest BCUT2D eigenvalue weighted by atomic mass is 9.98. The van der Waals surface area contributed by atoms with Crippen molar-refractivity contribution >= 4 is 35.8 Å². The van der Waals surface area contributed by atoms with E-state index >= 15 is 0 Å². The number of benzene rings is 3. The van der Waals surface area contributed by atoms with Crippen molar-refractivity contribution in [3.05, 3.63) is 108 Å². The van der Waals surface area contributed by atoms with Gasteiger partial charge in [-0.25, -0.2) is 14.4 Å². The summed E-state index contributed by atoms with van der Waals surface area (Å²) >= 11 is 0. The van der Waals surface area contributed by atoms with E-state index in [1.807, 2.05) is 0 Å². The third kappa shape index (κ3) is 10.3. The highest BCUT2D eigenvalue weighted by atomic mass is 16.8. The van der Waals surface area contributed by atoms with Gasteiger partial charge in [0.15, 0.2) is 43.1 Å². The van der Waals surface area contributed by atoms with E-state index in [9.17, 15) is 33.9 Å². The minimum Gasteiger partial charge on any atom is -0.459 e. The van der Waals surface area contributed by atoms with E-state index in [2.05, 4.69) is 0 Å². The van der Waals surface area contributed by atoms with Crippen LogP contribution in [-0.4, -0.2) is 109 Å². The minimum atomic E-state index is -1.89. The van der Waals surface area contributed by atoms with E-state index < -0.39 is 104 Å². The molecule has 0 radical (unpaired) electrons. The lowest BCUT2D eigenvalue weighted by molar-refractivity contribution is -0.304. The van der Waals surface area contributed by atoms with E-state index in [4.69, 9.17) is 42.6 Å². The molecule has 1 N–H and O–H groups in total. The van der Waals surface area contributed by atoms with Crippen LogP contribution >= 0.6 is 0 Å². The molecule has 0 aliphatic carbocycles. The molecular weight excluding hydrogens is 712 g/mol. The van der Waals surface area contributed by atoms with Crippen LogP contribution in [0.2, 0.25) is 0 Å². The molecule has 0 saturated carbocycles. The summed E-state index contributed by atoms with van der Waals surface area (Å²) in [6.07, 6.45) is -13.7. The van der Waals surface area contributed by atoms with Gasteiger partial charge >= 0.3 is 35.8 Å². The van der Waals surface area contributed by atoms with E-state index in [0.29, 0.717) is 0 Å². The molecule has 0 spiro atoms. The first-order valence-corrected chi connectivity index (χ1v) is 16.8. The highest BCUT2D eigenvalue weighted by Gasteiger charge is 2.54. The molecule has 3 aromatic carbocycles. The molecule has 5 rings (SSSR count). The van der Waals surface area contributed by atoms with Crippen LogP contribution in [0, 0.1) is 0 Å². The van der Waals surface area contributed by atoms with Gasteiger partial charge in [-0.05, 0) is 36.4 Å². The second-order valence-corrected chi connectivity index (χ2v) is 12.1. The zero-order valence-electron chi connectivity index (χ0n) is 29.3. The smallest absolute Gasteiger partial charge is 0.338 e. The van der Waals surface area contributed by atoms with Crippen LogP contribution in [-0.2, 0) is 57.0 Å². The second-order valence-electron chi connectivity index (χ2n) is 12.1. The van der Waals surface area contributed by atoms with E-state index in [0.717, 1.165) is 20.8 Å². The van der Waals surface area contributed by atoms with Crippen LogP contribution in [0.25, 0.3) is 0 Å². The summed E-state index contributed by atoms with van der Waals surface area (Å²) in [5.74, 6) is -4.94. The monoisotopic (exact) mass is 750 g/mol. The number of hydrogen-bond donors (Lipinski definition) is 1. The lowest BCUT2D eigenvalue weighted by Gasteiger charge is -2.42. The van der Waals surface area contributed by atoms with Crippen molar-refractivity contribution in [3.8, 4) is 0 Å². The Balaban J connectivity index is 1.45. The number of aliphatic hydroxyl groups is 1. The molecule has 0 aromatic heterocycles. The molecule has 2 heterocycles. The number of ether oxygens (including phenoxy) is 9. The maximum absolute atomic E-state index is 13.4. The standard InChI is InChI=1S/C38H38O16/c1-21(39)48-29-27(51-37(45)32(50-23(3)41)31(29)49-22(2)40)20-47-38-33(54-36(44)26-17-11-6-12-18-26)30(53-35(43)25-15-9-5-10-16-25)28(52-38)19-46-34(42)24-13-7-4-8-14-24/h4-18,27-33,37-38,45H,19-20H2,1-3H3. The Morgan fingerprint density at radius 1 is 0.500 bits per heavy atom. The molecule has 9 unspecified atom stereocenters. The molecule has 54 heavy (non-hydrogen) atoms. The van der Waals surface area contributed by atoms with E-state index in [1.54, 1.807) is 54.6 Å². The second kappa shape index (κ2) is 18.4. The van der Waals surface area contributed by atoms with Crippen LogP contribution in [0.1, 0.15) is 51.8 Å². The van der Waals surface area contributed by atoms with Crippen molar-refractivity contribution in [3.63, 3.8) is 0 Å². The molecule has 3 aromatic rings. The molecule has 16 heteroatoms. The largest absolute Gasteiger partial charge is 0.459 e. The van der Waals surface area contributed by atoms with Crippen LogP contribution in [0.3, 0.4) is 0 Å². The Kier molecular flexibility index (Phi) is 13.5. The maximum atomic E-state index is 13.4. The first-order chi connectivity index (χ1) is 25.9. The van der Waals surface area contributed by atoms with Gasteiger partial charge in [0.25, 0.3) is 0 Å². The summed E-state index contributed by atoms with van der Waals surface area (Å²) < 4.78 is 50.9. The Morgan fingerprint density at radius 3 is 1.41 bits per heavy atom. The minimum absolute atomic E-state index is 0.137. The summed E-state index contributed by atoms with van der Waals surface area (Å²) in [6.45, 7) is 2.09. The zero-order chi connectivity index (χ0) is 38.8. The van der Waals surface area contributed by atoms with Gasteiger partial charge in [-0.1, -0.05) is 54.6 Å². The fourth-order valence-electron chi connectivity index (χ4n) is 5.77. The molecule has 2 fully saturated rings. The quantitative estimate of drug-likeness (QED) is 0.197. The molecule has 286 valence electrons. The van der Waals surface area contributed by atoms with Crippen LogP contribution < -0.4 is 0 Å². The average Bonchev–Trinajstić information content (AvgIpc) is 3.47. The normalized spacial score (nSPS) is 26.1. The summed E-state index contributed by atoms with van der Waals surface area (Å²) in [5.41, 5.74) is 0.521. The van der Waals surface area contributed by atoms with Crippen molar-refractivity contribution in [1.82, 2.24) is 0 Å². The van der Waals surface area contributed by atoms with Crippen LogP contribution in [0.5, 0.6) is 0 Å². The van der Waals surface area contributed by atoms with Crippen molar-refractivity contribution < 1.29 is 76.5 Å². The van der Waals surface area contributed by atoms with Gasteiger partial charge in [0.1, 0.15) is 18.8 Å². The Hall–Kier alpha value is -5.68. The summed E-state index contributed by atoms with van der Waals surface area (Å²) in [5, 5.41) is 10.8. The van der Waals surface area contributed by atoms with Gasteiger partial charge in [-0.2, -0.15) is 0 Å². The first-order valence-electron chi connectivity index (χ1n) is 16.8. The molecule has 16 nitrogen and oxygen atoms in total. The number of carbonyl (C=O) groups is 6. The topological polar surface area (TPSA) is 206 Å². The van der Waals surface area contributed by atoms with E-state index in [-0.39, 0.29) is 16.7 Å². The number of esters is 6. The number of carbonyl (C=O) groups excluding carboxylic acids is 6. The van der Waals surface area contributed by atoms with Crippen molar-refractivity contribution in [1.29, 1.82) is 0 Å². The van der Waals surface area contributed by atoms with Crippen molar-refractivity contribution in [2.75, 3.05) is 13.2 Å². The summed E-state index contributed by atoms with van der Waals surface area (Å²) in [7, 11) is 0. The zero-order valence-corrected chi connectivity index (χ0v) is 29.3. The van der Waals surface area contributed by atoms with Gasteiger partial charge in [0.05, 0.1) is 23.3 Å². The predicted octanol–water partition coefficient (Wildman–Crippen LogP) is 2.55. The van der Waals surface area contributed by atoms with Gasteiger partial charge in [0, 0.05) is 20.8 Å². The average molecular weight is 751 g/mol. The number of hydrogen-bond acceptors (Lipinski definition) is 16. The summed E-state index contributed by atoms with van der Waals surface area (Å²) in [4.78, 5) is 75.9. The Morgan fingerprint density at radius 2 is 0.907 bits per heavy atom. The lowest BCUT2D eigenvalue weighted by Crippen LogP contribution is -2.62. The van der Waals surface area contributed by atoms with Gasteiger partial charge < -0.3 is 47.7 Å². The highest BCUT2D eigenvalue weighted by molar-refractivity contribution is 5.91. The van der Waals surface area contributed by atoms with Gasteiger partial charge in [-0.3, -0.25) is 14.4 Å². The van der Waals surface area contributed by atoms with Crippen molar-refractivity contribution in [2.45, 2.75) is 76.1 Å². The fourth-order valence-corrected chi connectivity index (χ4v) is 5.77. The third-order valence-electron chi connectivity index (χ3n) is 8.10. The Labute approximate surface area is 309 Å². The molecule has 0 amide bonds. The molecule has 2 saturated heterocycles. The number of aliphatic hydroxyl groups excluding tert-OH is 1. The molecular formula is C38H38O16. The van der Waals surface area contributed by atoms with Crippen LogP contribution in [0.4, 0.5) is 0 Å². The summed E-state index contributed by atoms with van der Waals surface area (Å²) in [6, 6.07) is 23.9. The molecule has 2 aliphatic heterocycles. The SMILES string of the molecule is CC(=O)OC1C(O)OC(COC2OC(COC(=O)c3ccccc3)C(OC(=O)c3ccccc3)C2OC(=O)c2ccccc2)C(OC(C)=O)C1OC(C)=O.